The van der Waals surface area contributed by atoms with Gasteiger partial charge in [0.2, 0.25) is 0 Å². The van der Waals surface area contributed by atoms with E-state index in [1.54, 1.807) is 18.3 Å². The maximum absolute atomic E-state index is 13.1. The number of pyridine rings is 1. The number of benzene rings is 3. The van der Waals surface area contributed by atoms with Gasteiger partial charge in [-0.1, -0.05) is 42.5 Å². The lowest BCUT2D eigenvalue weighted by atomic mass is 9.96. The van der Waals surface area contributed by atoms with Crippen LogP contribution in [0.5, 0.6) is 5.75 Å². The molecule has 1 saturated heterocycles. The Hall–Kier alpha value is -3.95. The van der Waals surface area contributed by atoms with Crippen LogP contribution in [0.4, 0.5) is 18.9 Å². The molecule has 2 heterocycles. The van der Waals surface area contributed by atoms with Crippen LogP contribution in [0.2, 0.25) is 0 Å². The molecule has 4 aromatic rings. The Morgan fingerprint density at radius 2 is 1.76 bits per heavy atom. The van der Waals surface area contributed by atoms with Gasteiger partial charge in [-0.05, 0) is 55.1 Å². The van der Waals surface area contributed by atoms with E-state index in [0.29, 0.717) is 34.9 Å². The Labute approximate surface area is 235 Å². The quantitative estimate of drug-likeness (QED) is 0.253. The first kappa shape index (κ1) is 27.2. The van der Waals surface area contributed by atoms with Crippen molar-refractivity contribution in [1.82, 2.24) is 10.3 Å². The number of hydrogen-bond donors (Lipinski definition) is 2. The number of anilines is 1. The first-order valence-electron chi connectivity index (χ1n) is 13.8. The average molecular weight is 562 g/mol. The van der Waals surface area contributed by atoms with Crippen molar-refractivity contribution < 1.29 is 27.8 Å². The molecule has 0 radical (unpaired) electrons. The second kappa shape index (κ2) is 11.1. The van der Waals surface area contributed by atoms with Crippen molar-refractivity contribution in [2.45, 2.75) is 25.1 Å². The van der Waals surface area contributed by atoms with E-state index in [0.717, 1.165) is 66.8 Å². The molecule has 1 aliphatic carbocycles. The fourth-order valence-electron chi connectivity index (χ4n) is 5.82. The number of nitrogens with one attached hydrogen (secondary N) is 1. The van der Waals surface area contributed by atoms with Gasteiger partial charge in [0.15, 0.2) is 5.78 Å². The first-order chi connectivity index (χ1) is 19.8. The molecule has 212 valence electrons. The second-order valence-electron chi connectivity index (χ2n) is 10.7. The topological polar surface area (TPSA) is 74.7 Å². The molecule has 2 aliphatic rings. The number of carbonyl (C=O) groups excluding carboxylic acids is 1. The highest BCUT2D eigenvalue weighted by Crippen LogP contribution is 2.42. The van der Waals surface area contributed by atoms with E-state index in [2.05, 4.69) is 15.2 Å². The zero-order valence-corrected chi connectivity index (χ0v) is 22.3. The third-order valence-electron chi connectivity index (χ3n) is 7.96. The molecule has 0 spiro atoms. The number of nitrogens with zero attached hydrogens (tertiary/aromatic N) is 2. The summed E-state index contributed by atoms with van der Waals surface area (Å²) in [7, 11) is 0. The van der Waals surface area contributed by atoms with Crippen LogP contribution in [0.3, 0.4) is 0 Å². The summed E-state index contributed by atoms with van der Waals surface area (Å²) in [6.45, 7) is 2.80. The minimum atomic E-state index is -4.40. The number of aliphatic hydroxyl groups excluding tert-OH is 1. The van der Waals surface area contributed by atoms with Gasteiger partial charge in [-0.15, -0.1) is 0 Å². The van der Waals surface area contributed by atoms with Crippen molar-refractivity contribution >= 4 is 22.4 Å². The third kappa shape index (κ3) is 5.52. The number of rotatable bonds is 8. The molecule has 0 amide bonds. The first-order valence-corrected chi connectivity index (χ1v) is 13.8. The number of aromatic nitrogens is 1. The number of alkyl halides is 3. The van der Waals surface area contributed by atoms with Crippen LogP contribution in [0.25, 0.3) is 22.0 Å². The zero-order chi connectivity index (χ0) is 28.6. The highest BCUT2D eigenvalue weighted by Gasteiger charge is 2.31. The monoisotopic (exact) mass is 561 g/mol. The van der Waals surface area contributed by atoms with Gasteiger partial charge < -0.3 is 20.1 Å². The van der Waals surface area contributed by atoms with Gasteiger partial charge >= 0.3 is 6.18 Å². The van der Waals surface area contributed by atoms with E-state index in [1.165, 1.54) is 6.07 Å². The maximum Gasteiger partial charge on any atom is 0.416 e. The number of carbonyl (C=O) groups is 1. The van der Waals surface area contributed by atoms with Gasteiger partial charge in [0.1, 0.15) is 18.5 Å². The molecule has 6 nitrogen and oxygen atoms in total. The number of ether oxygens (including phenoxy) is 1. The molecule has 1 fully saturated rings. The lowest BCUT2D eigenvalue weighted by molar-refractivity contribution is -0.137. The number of ketones is 1. The summed E-state index contributed by atoms with van der Waals surface area (Å²) >= 11 is 0. The van der Waals surface area contributed by atoms with Gasteiger partial charge in [-0.2, -0.15) is 13.2 Å². The van der Waals surface area contributed by atoms with Crippen LogP contribution < -0.4 is 15.0 Å². The van der Waals surface area contributed by atoms with Crippen LogP contribution in [0, 0.1) is 5.92 Å². The molecule has 2 N–H and O–H groups in total. The van der Waals surface area contributed by atoms with E-state index >= 15 is 0 Å². The van der Waals surface area contributed by atoms with Gasteiger partial charge in [0.05, 0.1) is 11.1 Å². The van der Waals surface area contributed by atoms with Gasteiger partial charge in [-0.3, -0.25) is 9.78 Å². The van der Waals surface area contributed by atoms with Crippen LogP contribution in [0.15, 0.2) is 72.9 Å². The number of hydrogen-bond acceptors (Lipinski definition) is 6. The Morgan fingerprint density at radius 1 is 1.00 bits per heavy atom. The molecule has 0 unspecified atom stereocenters. The van der Waals surface area contributed by atoms with Crippen molar-refractivity contribution in [3.8, 4) is 16.9 Å². The summed E-state index contributed by atoms with van der Waals surface area (Å²) < 4.78 is 45.3. The van der Waals surface area contributed by atoms with E-state index in [4.69, 9.17) is 4.74 Å². The van der Waals surface area contributed by atoms with Gasteiger partial charge in [0, 0.05) is 53.6 Å². The fourth-order valence-corrected chi connectivity index (χ4v) is 5.82. The van der Waals surface area contributed by atoms with Crippen LogP contribution >= 0.6 is 0 Å². The van der Waals surface area contributed by atoms with E-state index < -0.39 is 17.8 Å². The third-order valence-corrected chi connectivity index (χ3v) is 7.96. The molecule has 0 saturated carbocycles. The summed E-state index contributed by atoms with van der Waals surface area (Å²) in [5.74, 6) is 0.997. The second-order valence-corrected chi connectivity index (χ2v) is 10.7. The molecule has 0 bridgehead atoms. The summed E-state index contributed by atoms with van der Waals surface area (Å²) in [6.07, 6.45) is -1.70. The number of fused-ring (bicyclic) bond motifs is 4. The Balaban J connectivity index is 0.989. The standard InChI is InChI=1S/C32H30F3N3O3/c33-32(34,35)21-8-9-25-27(16-21)37-13-10-28(25)38-14-11-20(12-15-38)17-36-18-22(39)19-41-29-7-3-6-26-30(29)23-4-1-2-5-24(23)31(26)40/h1-10,13,16,20,22,36,39H,11-12,14-15,17-19H2/t22-/m0/s1. The molecule has 9 heteroatoms. The SMILES string of the molecule is O=C1c2ccccc2-c2c(OC[C@@H](O)CNCC3CCN(c4ccnc5cc(C(F)(F)F)ccc45)CC3)cccc21. The molecular weight excluding hydrogens is 531 g/mol. The smallest absolute Gasteiger partial charge is 0.416 e. The predicted octanol–water partition coefficient (Wildman–Crippen LogP) is 5.71. The molecule has 41 heavy (non-hydrogen) atoms. The number of aliphatic hydroxyl groups is 1. The lowest BCUT2D eigenvalue weighted by Gasteiger charge is -2.34. The van der Waals surface area contributed by atoms with Crippen molar-refractivity contribution in [2.24, 2.45) is 5.92 Å². The summed E-state index contributed by atoms with van der Waals surface area (Å²) in [6, 6.07) is 18.5. The molecule has 1 aromatic heterocycles. The Bertz CT molecular complexity index is 1580. The average Bonchev–Trinajstić information content (AvgIpc) is 3.28. The molecule has 3 aromatic carbocycles. The van der Waals surface area contributed by atoms with Gasteiger partial charge in [-0.25, -0.2) is 0 Å². The minimum Gasteiger partial charge on any atom is -0.490 e. The number of piperidine rings is 1. The Morgan fingerprint density at radius 3 is 2.54 bits per heavy atom. The predicted molar refractivity (Wildman–Crippen MR) is 151 cm³/mol. The summed E-state index contributed by atoms with van der Waals surface area (Å²) in [4.78, 5) is 19.1. The molecule has 6 rings (SSSR count). The van der Waals surface area contributed by atoms with E-state index in [1.807, 2.05) is 36.4 Å². The maximum atomic E-state index is 13.1. The van der Waals surface area contributed by atoms with Crippen molar-refractivity contribution in [2.75, 3.05) is 37.7 Å². The highest BCUT2D eigenvalue weighted by molar-refractivity contribution is 6.22. The van der Waals surface area contributed by atoms with Crippen molar-refractivity contribution in [3.05, 3.63) is 89.6 Å². The summed E-state index contributed by atoms with van der Waals surface area (Å²) in [5.41, 5.74) is 3.47. The highest BCUT2D eigenvalue weighted by atomic mass is 19.4. The molecular formula is C32H30F3N3O3. The fraction of sp³-hybridized carbons (Fsp3) is 0.312. The number of halogens is 3. The molecule has 1 aliphatic heterocycles. The van der Waals surface area contributed by atoms with Crippen LogP contribution in [-0.2, 0) is 6.18 Å². The van der Waals surface area contributed by atoms with E-state index in [9.17, 15) is 23.1 Å². The normalized spacial score (nSPS) is 16.1. The van der Waals surface area contributed by atoms with Gasteiger partial charge in [0.25, 0.3) is 0 Å². The van der Waals surface area contributed by atoms with E-state index in [-0.39, 0.29) is 12.4 Å². The van der Waals surface area contributed by atoms with Crippen LogP contribution in [0.1, 0.15) is 34.3 Å². The Kier molecular flexibility index (Phi) is 7.40. The zero-order valence-electron chi connectivity index (χ0n) is 22.3. The van der Waals surface area contributed by atoms with Crippen LogP contribution in [-0.4, -0.2) is 54.8 Å². The summed E-state index contributed by atoms with van der Waals surface area (Å²) in [5, 5.41) is 14.6. The van der Waals surface area contributed by atoms with Crippen molar-refractivity contribution in [1.29, 1.82) is 0 Å². The minimum absolute atomic E-state index is 0.0120. The van der Waals surface area contributed by atoms with Crippen molar-refractivity contribution in [3.63, 3.8) is 0 Å². The molecule has 1 atom stereocenters. The largest absolute Gasteiger partial charge is 0.490 e. The lowest BCUT2D eigenvalue weighted by Crippen LogP contribution is -2.39.